The molecule has 2 aromatic rings. The van der Waals surface area contributed by atoms with Crippen molar-refractivity contribution in [2.24, 2.45) is 4.99 Å². The lowest BCUT2D eigenvalue weighted by Crippen LogP contribution is -2.46. The van der Waals surface area contributed by atoms with Crippen LogP contribution in [0.1, 0.15) is 16.5 Å². The number of hydrogen-bond acceptors (Lipinski definition) is 4. The molecule has 1 saturated heterocycles. The molecular formula is C20H26ClFN4OS. The number of morpholine rings is 1. The SMILES string of the molecule is CN=C(NCCc1ccc(Cl)s1)NCC(c1ccc(F)cc1)N1CCOCC1. The predicted octanol–water partition coefficient (Wildman–Crippen LogP) is 3.32. The zero-order valence-corrected chi connectivity index (χ0v) is 17.5. The summed E-state index contributed by atoms with van der Waals surface area (Å²) in [6.45, 7) is 4.59. The molecule has 0 amide bonds. The molecule has 1 atom stereocenters. The summed E-state index contributed by atoms with van der Waals surface area (Å²) in [6.07, 6.45) is 0.892. The van der Waals surface area contributed by atoms with Gasteiger partial charge in [0.05, 0.1) is 23.6 Å². The van der Waals surface area contributed by atoms with Gasteiger partial charge in [0, 0.05) is 38.1 Å². The predicted molar refractivity (Wildman–Crippen MR) is 114 cm³/mol. The average molecular weight is 425 g/mol. The van der Waals surface area contributed by atoms with Crippen LogP contribution in [0.3, 0.4) is 0 Å². The number of hydrogen-bond donors (Lipinski definition) is 2. The first kappa shape index (κ1) is 21.0. The molecule has 1 aliphatic heterocycles. The Balaban J connectivity index is 1.56. The number of guanidine groups is 1. The molecule has 2 heterocycles. The maximum Gasteiger partial charge on any atom is 0.191 e. The lowest BCUT2D eigenvalue weighted by atomic mass is 10.0. The van der Waals surface area contributed by atoms with Gasteiger partial charge >= 0.3 is 0 Å². The van der Waals surface area contributed by atoms with Crippen LogP contribution >= 0.6 is 22.9 Å². The molecule has 5 nitrogen and oxygen atoms in total. The minimum atomic E-state index is -0.219. The minimum absolute atomic E-state index is 0.124. The Hall–Kier alpha value is -1.67. The molecule has 28 heavy (non-hydrogen) atoms. The molecule has 3 rings (SSSR count). The van der Waals surface area contributed by atoms with Crippen molar-refractivity contribution in [1.29, 1.82) is 0 Å². The van der Waals surface area contributed by atoms with Gasteiger partial charge in [0.25, 0.3) is 0 Å². The fraction of sp³-hybridized carbons (Fsp3) is 0.450. The summed E-state index contributed by atoms with van der Waals surface area (Å²) < 4.78 is 19.6. The van der Waals surface area contributed by atoms with Crippen LogP contribution in [0.2, 0.25) is 4.34 Å². The highest BCUT2D eigenvalue weighted by molar-refractivity contribution is 7.16. The summed E-state index contributed by atoms with van der Waals surface area (Å²) in [5.41, 5.74) is 1.08. The molecule has 152 valence electrons. The van der Waals surface area contributed by atoms with Gasteiger partial charge in [-0.1, -0.05) is 23.7 Å². The van der Waals surface area contributed by atoms with Crippen LogP contribution in [-0.4, -0.2) is 57.3 Å². The third-order valence-electron chi connectivity index (χ3n) is 4.72. The van der Waals surface area contributed by atoms with E-state index in [1.807, 2.05) is 24.3 Å². The first-order valence-corrected chi connectivity index (χ1v) is 10.6. The fourth-order valence-electron chi connectivity index (χ4n) is 3.24. The van der Waals surface area contributed by atoms with Crippen molar-refractivity contribution in [3.63, 3.8) is 0 Å². The highest BCUT2D eigenvalue weighted by Crippen LogP contribution is 2.22. The zero-order chi connectivity index (χ0) is 19.8. The number of benzene rings is 1. The van der Waals surface area contributed by atoms with Crippen molar-refractivity contribution in [2.45, 2.75) is 12.5 Å². The van der Waals surface area contributed by atoms with Crippen LogP contribution < -0.4 is 10.6 Å². The number of ether oxygens (including phenoxy) is 1. The lowest BCUT2D eigenvalue weighted by molar-refractivity contribution is 0.0170. The maximum atomic E-state index is 13.4. The molecule has 1 aromatic carbocycles. The normalized spacial score (nSPS) is 16.8. The molecule has 1 fully saturated rings. The number of nitrogens with one attached hydrogen (secondary N) is 2. The van der Waals surface area contributed by atoms with Crippen LogP contribution in [0, 0.1) is 5.82 Å². The second-order valence-corrected chi connectivity index (χ2v) is 8.35. The molecule has 0 aliphatic carbocycles. The van der Waals surface area contributed by atoms with E-state index in [0.29, 0.717) is 19.8 Å². The highest BCUT2D eigenvalue weighted by Gasteiger charge is 2.23. The molecule has 1 aliphatic rings. The Morgan fingerprint density at radius 2 is 1.96 bits per heavy atom. The summed E-state index contributed by atoms with van der Waals surface area (Å²) in [7, 11) is 1.76. The van der Waals surface area contributed by atoms with Crippen molar-refractivity contribution in [3.05, 3.63) is 57.0 Å². The van der Waals surface area contributed by atoms with E-state index in [1.165, 1.54) is 17.0 Å². The monoisotopic (exact) mass is 424 g/mol. The number of aliphatic imine (C=N–C) groups is 1. The van der Waals surface area contributed by atoms with Crippen LogP contribution in [0.25, 0.3) is 0 Å². The van der Waals surface area contributed by atoms with Crippen LogP contribution in [0.5, 0.6) is 0 Å². The molecule has 0 spiro atoms. The summed E-state index contributed by atoms with van der Waals surface area (Å²) in [5, 5.41) is 6.76. The van der Waals surface area contributed by atoms with E-state index in [0.717, 1.165) is 41.9 Å². The fourth-order valence-corrected chi connectivity index (χ4v) is 4.32. The summed E-state index contributed by atoms with van der Waals surface area (Å²) in [4.78, 5) is 7.92. The second kappa shape index (κ2) is 10.8. The van der Waals surface area contributed by atoms with Gasteiger partial charge in [0.2, 0.25) is 0 Å². The van der Waals surface area contributed by atoms with Gasteiger partial charge in [-0.25, -0.2) is 4.39 Å². The van der Waals surface area contributed by atoms with E-state index < -0.39 is 0 Å². The first-order chi connectivity index (χ1) is 13.7. The molecule has 1 aromatic heterocycles. The Kier molecular flexibility index (Phi) is 8.09. The molecule has 1 unspecified atom stereocenters. The summed E-state index contributed by atoms with van der Waals surface area (Å²) in [6, 6.07) is 10.8. The van der Waals surface area contributed by atoms with Crippen LogP contribution in [0.15, 0.2) is 41.4 Å². The van der Waals surface area contributed by atoms with Gasteiger partial charge in [-0.15, -0.1) is 11.3 Å². The topological polar surface area (TPSA) is 48.9 Å². The van der Waals surface area contributed by atoms with Crippen molar-refractivity contribution in [2.75, 3.05) is 46.4 Å². The highest BCUT2D eigenvalue weighted by atomic mass is 35.5. The van der Waals surface area contributed by atoms with E-state index in [9.17, 15) is 4.39 Å². The Labute approximate surface area is 174 Å². The largest absolute Gasteiger partial charge is 0.379 e. The van der Waals surface area contributed by atoms with E-state index in [1.54, 1.807) is 18.4 Å². The Morgan fingerprint density at radius 3 is 2.61 bits per heavy atom. The van der Waals surface area contributed by atoms with Gasteiger partial charge in [-0.2, -0.15) is 0 Å². The first-order valence-electron chi connectivity index (χ1n) is 9.41. The van der Waals surface area contributed by atoms with Crippen molar-refractivity contribution >= 4 is 28.9 Å². The Morgan fingerprint density at radius 1 is 1.21 bits per heavy atom. The molecule has 0 saturated carbocycles. The molecule has 0 radical (unpaired) electrons. The molecule has 2 N–H and O–H groups in total. The van der Waals surface area contributed by atoms with E-state index in [4.69, 9.17) is 16.3 Å². The quantitative estimate of drug-likeness (QED) is 0.528. The third-order valence-corrected chi connectivity index (χ3v) is 6.01. The van der Waals surface area contributed by atoms with Gasteiger partial charge in [-0.05, 0) is 36.2 Å². The van der Waals surface area contributed by atoms with Crippen LogP contribution in [0.4, 0.5) is 4.39 Å². The maximum absolute atomic E-state index is 13.4. The Bertz CT molecular complexity index is 762. The average Bonchev–Trinajstić information content (AvgIpc) is 3.14. The van der Waals surface area contributed by atoms with Crippen molar-refractivity contribution in [3.8, 4) is 0 Å². The number of nitrogens with zero attached hydrogens (tertiary/aromatic N) is 2. The zero-order valence-electron chi connectivity index (χ0n) is 16.0. The van der Waals surface area contributed by atoms with Gasteiger partial charge in [-0.3, -0.25) is 9.89 Å². The number of rotatable bonds is 7. The standard InChI is InChI=1S/C20H26ClFN4OS/c1-23-20(24-9-8-17-6-7-19(21)28-17)25-14-18(26-10-12-27-13-11-26)15-2-4-16(22)5-3-15/h2-7,18H,8-14H2,1H3,(H2,23,24,25). The van der Waals surface area contributed by atoms with Crippen LogP contribution in [-0.2, 0) is 11.2 Å². The van der Waals surface area contributed by atoms with E-state index >= 15 is 0 Å². The molecular weight excluding hydrogens is 399 g/mol. The second-order valence-electron chi connectivity index (χ2n) is 6.55. The summed E-state index contributed by atoms with van der Waals surface area (Å²) >= 11 is 7.58. The van der Waals surface area contributed by atoms with Gasteiger partial charge < -0.3 is 15.4 Å². The van der Waals surface area contributed by atoms with Gasteiger partial charge in [0.15, 0.2) is 5.96 Å². The van der Waals surface area contributed by atoms with Gasteiger partial charge in [0.1, 0.15) is 5.82 Å². The van der Waals surface area contributed by atoms with Crippen molar-refractivity contribution in [1.82, 2.24) is 15.5 Å². The number of halogens is 2. The van der Waals surface area contributed by atoms with Crippen molar-refractivity contribution < 1.29 is 9.13 Å². The third kappa shape index (κ3) is 6.17. The molecule has 0 bridgehead atoms. The molecule has 8 heteroatoms. The van der Waals surface area contributed by atoms with E-state index in [-0.39, 0.29) is 11.9 Å². The summed E-state index contributed by atoms with van der Waals surface area (Å²) in [5.74, 6) is 0.534. The smallest absolute Gasteiger partial charge is 0.191 e. The lowest BCUT2D eigenvalue weighted by Gasteiger charge is -2.35. The van der Waals surface area contributed by atoms with E-state index in [2.05, 4.69) is 20.5 Å². The number of thiophene rings is 1. The minimum Gasteiger partial charge on any atom is -0.379 e.